The van der Waals surface area contributed by atoms with E-state index in [0.717, 1.165) is 11.8 Å². The van der Waals surface area contributed by atoms with Crippen molar-refractivity contribution in [2.45, 2.75) is 63.2 Å². The highest BCUT2D eigenvalue weighted by Crippen LogP contribution is 2.40. The molecule has 182 valence electrons. The molecule has 2 aliphatic heterocycles. The van der Waals surface area contributed by atoms with Gasteiger partial charge in [-0.05, 0) is 44.2 Å². The van der Waals surface area contributed by atoms with Crippen molar-refractivity contribution in [1.29, 1.82) is 0 Å². The van der Waals surface area contributed by atoms with Crippen LogP contribution in [0.1, 0.15) is 66.9 Å². The van der Waals surface area contributed by atoms with Crippen molar-refractivity contribution in [2.24, 2.45) is 0 Å². The zero-order valence-corrected chi connectivity index (χ0v) is 19.5. The number of rotatable bonds is 5. The fraction of sp³-hybridized carbons (Fsp3) is 0.591. The molecule has 1 atom stereocenters. The third kappa shape index (κ3) is 4.68. The lowest BCUT2D eigenvalue weighted by Crippen LogP contribution is -2.41. The Balaban J connectivity index is 1.47. The van der Waals surface area contributed by atoms with E-state index in [1.165, 1.54) is 16.4 Å². The van der Waals surface area contributed by atoms with Gasteiger partial charge in [-0.3, -0.25) is 10.00 Å². The Morgan fingerprint density at radius 1 is 1.15 bits per heavy atom. The Hall–Kier alpha value is -1.95. The van der Waals surface area contributed by atoms with Gasteiger partial charge in [0.25, 0.3) is 0 Å². The monoisotopic (exact) mass is 486 g/mol. The predicted octanol–water partition coefficient (Wildman–Crippen LogP) is 3.40. The number of benzene rings is 1. The van der Waals surface area contributed by atoms with Crippen LogP contribution in [-0.4, -0.2) is 57.8 Å². The fourth-order valence-corrected chi connectivity index (χ4v) is 6.01. The molecule has 4 rings (SSSR count). The molecule has 1 fully saturated rings. The highest BCUT2D eigenvalue weighted by molar-refractivity contribution is 7.89. The second-order valence-electron chi connectivity index (χ2n) is 9.01. The van der Waals surface area contributed by atoms with Crippen molar-refractivity contribution in [2.75, 3.05) is 19.6 Å². The van der Waals surface area contributed by atoms with Gasteiger partial charge in [0.05, 0.1) is 10.8 Å². The van der Waals surface area contributed by atoms with E-state index >= 15 is 0 Å². The molecule has 2 aromatic rings. The molecule has 11 heteroatoms. The molecular weight excluding hydrogens is 457 g/mol. The standard InChI is InChI=1S/C22H29F3N4O3S/c1-14(2)33(31,32)29-12-9-19-17(13-29)20(27-26-19)21(30)28-10-7-15(8-11-28)16-5-3-4-6-18(16)22(23,24)25/h3-6,14-15,21,30H,7-13H2,1-2H3,(H,26,27). The number of hydrogen-bond acceptors (Lipinski definition) is 5. The molecule has 0 bridgehead atoms. The van der Waals surface area contributed by atoms with Gasteiger partial charge in [-0.25, -0.2) is 8.42 Å². The number of nitrogens with one attached hydrogen (secondary N) is 1. The summed E-state index contributed by atoms with van der Waals surface area (Å²) in [6.07, 6.45) is -4.01. The molecule has 2 N–H and O–H groups in total. The van der Waals surface area contributed by atoms with Gasteiger partial charge >= 0.3 is 6.18 Å². The van der Waals surface area contributed by atoms with E-state index in [1.54, 1.807) is 24.8 Å². The first kappa shape index (κ1) is 24.2. The largest absolute Gasteiger partial charge is 0.416 e. The van der Waals surface area contributed by atoms with Crippen LogP contribution in [0.5, 0.6) is 0 Å². The highest BCUT2D eigenvalue weighted by Gasteiger charge is 2.38. The van der Waals surface area contributed by atoms with Crippen LogP contribution in [0, 0.1) is 0 Å². The summed E-state index contributed by atoms with van der Waals surface area (Å²) in [5.41, 5.74) is 1.58. The van der Waals surface area contributed by atoms with E-state index in [4.69, 9.17) is 0 Å². The van der Waals surface area contributed by atoms with Gasteiger partial charge in [0.2, 0.25) is 10.0 Å². The molecule has 33 heavy (non-hydrogen) atoms. The van der Waals surface area contributed by atoms with Crippen molar-refractivity contribution in [3.8, 4) is 0 Å². The van der Waals surface area contributed by atoms with Gasteiger partial charge in [0.1, 0.15) is 5.69 Å². The Morgan fingerprint density at radius 2 is 1.82 bits per heavy atom. The molecule has 7 nitrogen and oxygen atoms in total. The molecule has 2 aliphatic rings. The van der Waals surface area contributed by atoms with E-state index in [9.17, 15) is 26.7 Å². The van der Waals surface area contributed by atoms with Crippen molar-refractivity contribution < 1.29 is 26.7 Å². The lowest BCUT2D eigenvalue weighted by atomic mass is 9.86. The van der Waals surface area contributed by atoms with Crippen LogP contribution in [0.3, 0.4) is 0 Å². The van der Waals surface area contributed by atoms with Crippen molar-refractivity contribution in [1.82, 2.24) is 19.4 Å². The number of hydrogen-bond donors (Lipinski definition) is 2. The minimum absolute atomic E-state index is 0.147. The van der Waals surface area contributed by atoms with Crippen LogP contribution in [-0.2, 0) is 29.2 Å². The Bertz CT molecular complexity index is 1090. The number of alkyl halides is 3. The maximum absolute atomic E-state index is 13.4. The minimum Gasteiger partial charge on any atom is -0.372 e. The number of likely N-dealkylation sites (tertiary alicyclic amines) is 1. The molecule has 0 radical (unpaired) electrons. The normalized spacial score (nSPS) is 20.2. The van der Waals surface area contributed by atoms with Crippen LogP contribution in [0.15, 0.2) is 24.3 Å². The van der Waals surface area contributed by atoms with Crippen LogP contribution in [0.25, 0.3) is 0 Å². The average Bonchev–Trinajstić information content (AvgIpc) is 3.21. The molecule has 1 aromatic carbocycles. The van der Waals surface area contributed by atoms with Crippen LogP contribution < -0.4 is 0 Å². The third-order valence-corrected chi connectivity index (χ3v) is 8.93. The summed E-state index contributed by atoms with van der Waals surface area (Å²) in [6, 6.07) is 5.67. The number of aromatic nitrogens is 2. The molecule has 1 unspecified atom stereocenters. The number of piperidine rings is 1. The Morgan fingerprint density at radius 3 is 2.45 bits per heavy atom. The van der Waals surface area contributed by atoms with E-state index < -0.39 is 33.2 Å². The molecule has 0 saturated carbocycles. The van der Waals surface area contributed by atoms with Gasteiger partial charge in [-0.2, -0.15) is 22.6 Å². The quantitative estimate of drug-likeness (QED) is 0.676. The summed E-state index contributed by atoms with van der Waals surface area (Å²) >= 11 is 0. The Kier molecular flexibility index (Phi) is 6.60. The zero-order valence-electron chi connectivity index (χ0n) is 18.6. The number of nitrogens with zero attached hydrogens (tertiary/aromatic N) is 3. The lowest BCUT2D eigenvalue weighted by Gasteiger charge is -2.36. The molecular formula is C22H29F3N4O3S. The summed E-state index contributed by atoms with van der Waals surface area (Å²) in [5, 5.41) is 17.7. The van der Waals surface area contributed by atoms with Crippen LogP contribution >= 0.6 is 0 Å². The maximum atomic E-state index is 13.4. The van der Waals surface area contributed by atoms with Gasteiger partial charge < -0.3 is 5.11 Å². The summed E-state index contributed by atoms with van der Waals surface area (Å²) in [5.74, 6) is -0.244. The molecule has 0 aliphatic carbocycles. The summed E-state index contributed by atoms with van der Waals surface area (Å²) in [6.45, 7) is 4.60. The van der Waals surface area contributed by atoms with Gasteiger partial charge in [-0.1, -0.05) is 18.2 Å². The zero-order chi connectivity index (χ0) is 24.0. The molecule has 1 aromatic heterocycles. The number of fused-ring (bicyclic) bond motifs is 1. The number of aromatic amines is 1. The van der Waals surface area contributed by atoms with Crippen molar-refractivity contribution in [3.63, 3.8) is 0 Å². The molecule has 3 heterocycles. The molecule has 0 amide bonds. The van der Waals surface area contributed by atoms with E-state index in [1.807, 2.05) is 0 Å². The first-order valence-corrected chi connectivity index (χ1v) is 12.6. The fourth-order valence-electron chi connectivity index (χ4n) is 4.76. The maximum Gasteiger partial charge on any atom is 0.416 e. The van der Waals surface area contributed by atoms with Gasteiger partial charge in [0.15, 0.2) is 6.23 Å². The van der Waals surface area contributed by atoms with Crippen molar-refractivity contribution >= 4 is 10.0 Å². The predicted molar refractivity (Wildman–Crippen MR) is 117 cm³/mol. The van der Waals surface area contributed by atoms with Gasteiger partial charge in [0, 0.05) is 43.9 Å². The summed E-state index contributed by atoms with van der Waals surface area (Å²) < 4.78 is 66.9. The van der Waals surface area contributed by atoms with Crippen LogP contribution in [0.2, 0.25) is 0 Å². The first-order valence-electron chi connectivity index (χ1n) is 11.1. The lowest BCUT2D eigenvalue weighted by molar-refractivity contribution is -0.138. The van der Waals surface area contributed by atoms with Gasteiger partial charge in [-0.15, -0.1) is 0 Å². The second-order valence-corrected chi connectivity index (χ2v) is 11.5. The topological polar surface area (TPSA) is 89.5 Å². The number of sulfonamides is 1. The third-order valence-electron chi connectivity index (χ3n) is 6.71. The van der Waals surface area contributed by atoms with E-state index in [-0.39, 0.29) is 12.5 Å². The SMILES string of the molecule is CC(C)S(=O)(=O)N1CCc2[nH]nc(C(O)N3CCC(c4ccccc4C(F)(F)F)CC3)c2C1. The highest BCUT2D eigenvalue weighted by atomic mass is 32.2. The number of aliphatic hydroxyl groups is 1. The van der Waals surface area contributed by atoms with E-state index in [0.29, 0.717) is 55.7 Å². The van der Waals surface area contributed by atoms with Crippen LogP contribution in [0.4, 0.5) is 13.2 Å². The molecule has 1 saturated heterocycles. The number of halogens is 3. The molecule has 0 spiro atoms. The first-order chi connectivity index (χ1) is 15.5. The Labute approximate surface area is 191 Å². The smallest absolute Gasteiger partial charge is 0.372 e. The average molecular weight is 487 g/mol. The summed E-state index contributed by atoms with van der Waals surface area (Å²) in [4.78, 5) is 1.79. The number of H-pyrrole nitrogens is 1. The van der Waals surface area contributed by atoms with Crippen molar-refractivity contribution in [3.05, 3.63) is 52.3 Å². The second kappa shape index (κ2) is 9.01. The summed E-state index contributed by atoms with van der Waals surface area (Å²) in [7, 11) is -3.44. The van der Waals surface area contributed by atoms with E-state index in [2.05, 4.69) is 10.2 Å². The number of aliphatic hydroxyl groups excluding tert-OH is 1. The minimum atomic E-state index is -4.40.